The maximum atomic E-state index is 12.3. The summed E-state index contributed by atoms with van der Waals surface area (Å²) in [6.07, 6.45) is 3.23. The van der Waals surface area contributed by atoms with E-state index in [2.05, 4.69) is 33.4 Å². The van der Waals surface area contributed by atoms with E-state index >= 15 is 0 Å². The first-order valence-electron chi connectivity index (χ1n) is 9.19. The lowest BCUT2D eigenvalue weighted by Crippen LogP contribution is -2.19. The van der Waals surface area contributed by atoms with E-state index in [1.807, 2.05) is 29.0 Å². The van der Waals surface area contributed by atoms with Gasteiger partial charge in [-0.3, -0.25) is 4.79 Å². The monoisotopic (exact) mass is 382 g/mol. The van der Waals surface area contributed by atoms with Crippen molar-refractivity contribution in [1.29, 1.82) is 0 Å². The summed E-state index contributed by atoms with van der Waals surface area (Å²) >= 11 is 1.58. The highest BCUT2D eigenvalue weighted by atomic mass is 32.1. The molecule has 3 heterocycles. The van der Waals surface area contributed by atoms with Crippen LogP contribution in [0.25, 0.3) is 11.5 Å². The molecule has 3 aromatic rings. The number of anilines is 2. The molecule has 1 saturated heterocycles. The van der Waals surface area contributed by atoms with E-state index in [0.29, 0.717) is 24.6 Å². The molecule has 2 aromatic heterocycles. The maximum absolute atomic E-state index is 12.3. The van der Waals surface area contributed by atoms with Crippen molar-refractivity contribution in [1.82, 2.24) is 10.2 Å². The number of nitrogens with one attached hydrogen (secondary N) is 1. The minimum Gasteiger partial charge on any atom is -0.421 e. The molecule has 140 valence electrons. The molecule has 0 spiro atoms. The summed E-state index contributed by atoms with van der Waals surface area (Å²) in [5.74, 6) is 0.922. The first kappa shape index (κ1) is 17.7. The molecule has 4 rings (SSSR count). The van der Waals surface area contributed by atoms with Crippen LogP contribution in [-0.2, 0) is 11.2 Å². The normalized spacial score (nSPS) is 13.9. The predicted molar refractivity (Wildman–Crippen MR) is 107 cm³/mol. The van der Waals surface area contributed by atoms with E-state index in [9.17, 15) is 4.79 Å². The second-order valence-electron chi connectivity index (χ2n) is 6.76. The minimum atomic E-state index is -0.0568. The molecule has 0 bridgehead atoms. The quantitative estimate of drug-likeness (QED) is 0.689. The first-order chi connectivity index (χ1) is 13.2. The Morgan fingerprint density at radius 2 is 2.11 bits per heavy atom. The third-order valence-corrected chi connectivity index (χ3v) is 5.41. The van der Waals surface area contributed by atoms with Crippen LogP contribution in [0.3, 0.4) is 0 Å². The molecule has 1 amide bonds. The minimum absolute atomic E-state index is 0.0568. The molecular formula is C20H22N4O2S. The molecule has 7 heteroatoms. The Labute approximate surface area is 162 Å². The molecule has 27 heavy (non-hydrogen) atoms. The molecule has 0 atom stereocenters. The SMILES string of the molecule is Cc1cc(NC(=O)CCc2nnc(-c3ccsc3)o2)ccc1N1CCCC1. The molecule has 1 aromatic carbocycles. The van der Waals surface area contributed by atoms with Crippen LogP contribution < -0.4 is 10.2 Å². The number of hydrogen-bond donors (Lipinski definition) is 1. The Balaban J connectivity index is 1.32. The van der Waals surface area contributed by atoms with Gasteiger partial charge in [-0.25, -0.2) is 0 Å². The van der Waals surface area contributed by atoms with Crippen molar-refractivity contribution in [2.75, 3.05) is 23.3 Å². The van der Waals surface area contributed by atoms with Gasteiger partial charge in [0.2, 0.25) is 17.7 Å². The summed E-state index contributed by atoms with van der Waals surface area (Å²) in [7, 11) is 0. The maximum Gasteiger partial charge on any atom is 0.248 e. The lowest BCUT2D eigenvalue weighted by atomic mass is 10.1. The molecular weight excluding hydrogens is 360 g/mol. The van der Waals surface area contributed by atoms with Gasteiger partial charge in [0.05, 0.1) is 0 Å². The fourth-order valence-electron chi connectivity index (χ4n) is 3.35. The van der Waals surface area contributed by atoms with Crippen molar-refractivity contribution in [3.63, 3.8) is 0 Å². The van der Waals surface area contributed by atoms with Crippen LogP contribution in [0.2, 0.25) is 0 Å². The average Bonchev–Trinajstić information content (AvgIpc) is 3.41. The average molecular weight is 382 g/mol. The summed E-state index contributed by atoms with van der Waals surface area (Å²) in [6.45, 7) is 4.32. The predicted octanol–water partition coefficient (Wildman–Crippen LogP) is 4.28. The molecule has 1 aliphatic heterocycles. The largest absolute Gasteiger partial charge is 0.421 e. The van der Waals surface area contributed by atoms with Crippen molar-refractivity contribution in [3.05, 3.63) is 46.5 Å². The van der Waals surface area contributed by atoms with Gasteiger partial charge in [0, 0.05) is 48.2 Å². The zero-order valence-electron chi connectivity index (χ0n) is 15.3. The van der Waals surface area contributed by atoms with Gasteiger partial charge in [-0.05, 0) is 55.0 Å². The fourth-order valence-corrected chi connectivity index (χ4v) is 3.98. The van der Waals surface area contributed by atoms with Crippen molar-refractivity contribution in [3.8, 4) is 11.5 Å². The van der Waals surface area contributed by atoms with Crippen LogP contribution in [0.15, 0.2) is 39.4 Å². The van der Waals surface area contributed by atoms with Gasteiger partial charge >= 0.3 is 0 Å². The van der Waals surface area contributed by atoms with E-state index in [4.69, 9.17) is 4.42 Å². The number of benzene rings is 1. The lowest BCUT2D eigenvalue weighted by Gasteiger charge is -2.20. The number of carbonyl (C=O) groups excluding carboxylic acids is 1. The van der Waals surface area contributed by atoms with Crippen molar-refractivity contribution in [2.24, 2.45) is 0 Å². The second-order valence-corrected chi connectivity index (χ2v) is 7.54. The third-order valence-electron chi connectivity index (χ3n) is 4.73. The Morgan fingerprint density at radius 3 is 2.85 bits per heavy atom. The van der Waals surface area contributed by atoms with E-state index in [-0.39, 0.29) is 5.91 Å². The van der Waals surface area contributed by atoms with Gasteiger partial charge in [-0.1, -0.05) is 0 Å². The van der Waals surface area contributed by atoms with E-state index in [1.165, 1.54) is 24.1 Å². The number of carbonyl (C=O) groups is 1. The summed E-state index contributed by atoms with van der Waals surface area (Å²) in [5, 5.41) is 14.9. The number of hydrogen-bond acceptors (Lipinski definition) is 6. The highest BCUT2D eigenvalue weighted by Gasteiger charge is 2.15. The Bertz CT molecular complexity index is 914. The topological polar surface area (TPSA) is 71.3 Å². The summed E-state index contributed by atoms with van der Waals surface area (Å²) in [5.41, 5.74) is 4.19. The number of aryl methyl sites for hydroxylation is 2. The van der Waals surface area contributed by atoms with Gasteiger partial charge in [0.25, 0.3) is 0 Å². The molecule has 1 N–H and O–H groups in total. The highest BCUT2D eigenvalue weighted by Crippen LogP contribution is 2.27. The first-order valence-corrected chi connectivity index (χ1v) is 10.1. The zero-order valence-corrected chi connectivity index (χ0v) is 16.1. The van der Waals surface area contributed by atoms with Crippen LogP contribution in [0.5, 0.6) is 0 Å². The van der Waals surface area contributed by atoms with Gasteiger partial charge < -0.3 is 14.6 Å². The van der Waals surface area contributed by atoms with Gasteiger partial charge in [-0.15, -0.1) is 10.2 Å². The van der Waals surface area contributed by atoms with E-state index < -0.39 is 0 Å². The Kier molecular flexibility index (Phi) is 5.20. The number of rotatable bonds is 6. The van der Waals surface area contributed by atoms with Crippen molar-refractivity contribution in [2.45, 2.75) is 32.6 Å². The van der Waals surface area contributed by atoms with Gasteiger partial charge in [0.1, 0.15) is 0 Å². The van der Waals surface area contributed by atoms with Crippen molar-refractivity contribution >= 4 is 28.6 Å². The third kappa shape index (κ3) is 4.19. The fraction of sp³-hybridized carbons (Fsp3) is 0.350. The van der Waals surface area contributed by atoms with Gasteiger partial charge in [-0.2, -0.15) is 11.3 Å². The Morgan fingerprint density at radius 1 is 1.26 bits per heavy atom. The second kappa shape index (κ2) is 7.92. The lowest BCUT2D eigenvalue weighted by molar-refractivity contribution is -0.116. The molecule has 0 radical (unpaired) electrons. The molecule has 6 nitrogen and oxygen atoms in total. The van der Waals surface area contributed by atoms with E-state index in [1.54, 1.807) is 11.3 Å². The van der Waals surface area contributed by atoms with E-state index in [0.717, 1.165) is 24.3 Å². The number of amides is 1. The molecule has 0 aliphatic carbocycles. The van der Waals surface area contributed by atoms with Crippen LogP contribution >= 0.6 is 11.3 Å². The summed E-state index contributed by atoms with van der Waals surface area (Å²) in [4.78, 5) is 14.7. The summed E-state index contributed by atoms with van der Waals surface area (Å²) < 4.78 is 5.62. The molecule has 0 unspecified atom stereocenters. The smallest absolute Gasteiger partial charge is 0.248 e. The molecule has 1 fully saturated rings. The number of thiophene rings is 1. The van der Waals surface area contributed by atoms with Gasteiger partial charge in [0.15, 0.2) is 0 Å². The van der Waals surface area contributed by atoms with Crippen LogP contribution in [0.1, 0.15) is 30.7 Å². The number of nitrogens with zero attached hydrogens (tertiary/aromatic N) is 3. The van der Waals surface area contributed by atoms with Crippen LogP contribution in [-0.4, -0.2) is 29.2 Å². The van der Waals surface area contributed by atoms with Crippen LogP contribution in [0, 0.1) is 6.92 Å². The zero-order chi connectivity index (χ0) is 18.6. The molecule has 1 aliphatic rings. The van der Waals surface area contributed by atoms with Crippen LogP contribution in [0.4, 0.5) is 11.4 Å². The highest BCUT2D eigenvalue weighted by molar-refractivity contribution is 7.08. The van der Waals surface area contributed by atoms with Crippen molar-refractivity contribution < 1.29 is 9.21 Å². The Hall–Kier alpha value is -2.67. The molecule has 0 saturated carbocycles. The number of aromatic nitrogens is 2. The standard InChI is InChI=1S/C20H22N4O2S/c1-14-12-16(4-5-17(14)24-9-2-3-10-24)21-18(25)6-7-19-22-23-20(26-19)15-8-11-27-13-15/h4-5,8,11-13H,2-3,6-7,9-10H2,1H3,(H,21,25). The summed E-state index contributed by atoms with van der Waals surface area (Å²) in [6, 6.07) is 8.04.